The molecule has 0 radical (unpaired) electrons. The Balaban J connectivity index is 2.15. The highest BCUT2D eigenvalue weighted by molar-refractivity contribution is 5.67. The van der Waals surface area contributed by atoms with Gasteiger partial charge in [-0.05, 0) is 24.7 Å². The lowest BCUT2D eigenvalue weighted by Gasteiger charge is -2.13. The van der Waals surface area contributed by atoms with Gasteiger partial charge in [0, 0.05) is 6.54 Å². The van der Waals surface area contributed by atoms with E-state index in [1.165, 1.54) is 6.33 Å². The Morgan fingerprint density at radius 1 is 1.59 bits per heavy atom. The molecule has 92 valence electrons. The summed E-state index contributed by atoms with van der Waals surface area (Å²) in [5.41, 5.74) is 5.53. The molecule has 0 spiro atoms. The summed E-state index contributed by atoms with van der Waals surface area (Å²) >= 11 is 0. The Labute approximate surface area is 98.6 Å². The molecule has 0 aromatic carbocycles. The van der Waals surface area contributed by atoms with Gasteiger partial charge in [-0.1, -0.05) is 6.92 Å². The topological polar surface area (TPSA) is 107 Å². The zero-order valence-corrected chi connectivity index (χ0v) is 9.64. The number of nitro groups is 1. The van der Waals surface area contributed by atoms with Crippen molar-refractivity contribution in [3.8, 4) is 0 Å². The van der Waals surface area contributed by atoms with Crippen LogP contribution in [0.2, 0.25) is 0 Å². The summed E-state index contributed by atoms with van der Waals surface area (Å²) in [5, 5.41) is 13.9. The van der Waals surface area contributed by atoms with Crippen LogP contribution in [-0.4, -0.2) is 21.4 Å². The van der Waals surface area contributed by atoms with Gasteiger partial charge in [-0.25, -0.2) is 9.97 Å². The van der Waals surface area contributed by atoms with E-state index in [1.54, 1.807) is 0 Å². The summed E-state index contributed by atoms with van der Waals surface area (Å²) in [6.45, 7) is 2.82. The molecular formula is C10H15N5O2. The average Bonchev–Trinajstić information content (AvgIpc) is 3.06. The second-order valence-corrected chi connectivity index (χ2v) is 4.42. The third-order valence-electron chi connectivity index (χ3n) is 3.37. The molecule has 1 fully saturated rings. The fourth-order valence-electron chi connectivity index (χ4n) is 1.81. The first-order chi connectivity index (χ1) is 8.08. The quantitative estimate of drug-likeness (QED) is 0.594. The maximum Gasteiger partial charge on any atom is 0.352 e. The third kappa shape index (κ3) is 2.27. The van der Waals surface area contributed by atoms with Crippen LogP contribution in [-0.2, 0) is 0 Å². The lowest BCUT2D eigenvalue weighted by atomic mass is 10.0. The van der Waals surface area contributed by atoms with E-state index in [2.05, 4.69) is 22.2 Å². The molecule has 0 unspecified atom stereocenters. The molecule has 17 heavy (non-hydrogen) atoms. The van der Waals surface area contributed by atoms with Gasteiger partial charge in [0.05, 0.1) is 4.92 Å². The Morgan fingerprint density at radius 3 is 2.82 bits per heavy atom. The molecule has 3 N–H and O–H groups in total. The number of nitrogen functional groups attached to an aromatic ring is 1. The fraction of sp³-hybridized carbons (Fsp3) is 0.600. The van der Waals surface area contributed by atoms with Crippen molar-refractivity contribution >= 4 is 17.3 Å². The molecule has 2 rings (SSSR count). The van der Waals surface area contributed by atoms with E-state index in [0.29, 0.717) is 6.54 Å². The number of rotatable bonds is 5. The highest BCUT2D eigenvalue weighted by atomic mass is 16.6. The van der Waals surface area contributed by atoms with E-state index in [0.717, 1.165) is 19.3 Å². The van der Waals surface area contributed by atoms with Crippen LogP contribution >= 0.6 is 0 Å². The summed E-state index contributed by atoms with van der Waals surface area (Å²) in [6.07, 6.45) is 4.61. The normalized spacial score (nSPS) is 16.5. The van der Waals surface area contributed by atoms with Crippen molar-refractivity contribution < 1.29 is 4.92 Å². The first-order valence-corrected chi connectivity index (χ1v) is 5.57. The summed E-state index contributed by atoms with van der Waals surface area (Å²) in [6, 6.07) is 0. The molecule has 0 saturated heterocycles. The van der Waals surface area contributed by atoms with Gasteiger partial charge in [-0.15, -0.1) is 0 Å². The molecule has 1 aliphatic rings. The van der Waals surface area contributed by atoms with Gasteiger partial charge >= 0.3 is 5.69 Å². The summed E-state index contributed by atoms with van der Waals surface area (Å²) < 4.78 is 0. The number of anilines is 2. The molecule has 0 bridgehead atoms. The Morgan fingerprint density at radius 2 is 2.29 bits per heavy atom. The van der Waals surface area contributed by atoms with Crippen LogP contribution in [0.25, 0.3) is 0 Å². The van der Waals surface area contributed by atoms with Crippen LogP contribution in [0.15, 0.2) is 6.33 Å². The molecule has 7 nitrogen and oxygen atoms in total. The summed E-state index contributed by atoms with van der Waals surface area (Å²) in [5.74, 6) is 0.107. The van der Waals surface area contributed by atoms with Gasteiger partial charge in [0.1, 0.15) is 6.33 Å². The van der Waals surface area contributed by atoms with E-state index in [9.17, 15) is 10.1 Å². The van der Waals surface area contributed by atoms with Crippen LogP contribution in [0, 0.1) is 15.5 Å². The van der Waals surface area contributed by atoms with Crippen molar-refractivity contribution in [3.63, 3.8) is 0 Å². The van der Waals surface area contributed by atoms with E-state index in [4.69, 9.17) is 5.73 Å². The van der Waals surface area contributed by atoms with Crippen LogP contribution in [0.4, 0.5) is 17.3 Å². The highest BCUT2D eigenvalue weighted by Crippen LogP contribution is 2.48. The van der Waals surface area contributed by atoms with Gasteiger partial charge in [-0.2, -0.15) is 0 Å². The van der Waals surface area contributed by atoms with Crippen LogP contribution < -0.4 is 11.1 Å². The predicted molar refractivity (Wildman–Crippen MR) is 63.5 cm³/mol. The molecule has 0 atom stereocenters. The zero-order chi connectivity index (χ0) is 12.5. The smallest absolute Gasteiger partial charge is 0.352 e. The minimum absolute atomic E-state index is 0.103. The number of nitrogens with zero attached hydrogens (tertiary/aromatic N) is 3. The Kier molecular flexibility index (Phi) is 2.83. The fourth-order valence-corrected chi connectivity index (χ4v) is 1.81. The average molecular weight is 237 g/mol. The number of aromatic nitrogens is 2. The van der Waals surface area contributed by atoms with Gasteiger partial charge in [-0.3, -0.25) is 10.1 Å². The first-order valence-electron chi connectivity index (χ1n) is 5.57. The van der Waals surface area contributed by atoms with Crippen molar-refractivity contribution in [2.45, 2.75) is 26.2 Å². The minimum Gasteiger partial charge on any atom is -0.378 e. The molecule has 1 heterocycles. The number of hydrogen-bond acceptors (Lipinski definition) is 6. The van der Waals surface area contributed by atoms with Crippen molar-refractivity contribution in [3.05, 3.63) is 16.4 Å². The molecule has 1 saturated carbocycles. The molecule has 7 heteroatoms. The van der Waals surface area contributed by atoms with Crippen molar-refractivity contribution in [2.24, 2.45) is 5.41 Å². The Hall–Kier alpha value is -1.92. The van der Waals surface area contributed by atoms with Gasteiger partial charge < -0.3 is 11.1 Å². The maximum atomic E-state index is 10.9. The lowest BCUT2D eigenvalue weighted by Crippen LogP contribution is -2.16. The largest absolute Gasteiger partial charge is 0.378 e. The minimum atomic E-state index is -0.552. The molecular weight excluding hydrogens is 222 g/mol. The van der Waals surface area contributed by atoms with Gasteiger partial charge in [0.15, 0.2) is 0 Å². The predicted octanol–water partition coefficient (Wildman–Crippen LogP) is 1.57. The second kappa shape index (κ2) is 4.15. The SMILES string of the molecule is CCC1(CNc2ncnc(N)c2[N+](=O)[O-])CC1. The molecule has 1 aliphatic carbocycles. The number of hydrogen-bond donors (Lipinski definition) is 2. The highest BCUT2D eigenvalue weighted by Gasteiger charge is 2.40. The molecule has 0 aliphatic heterocycles. The van der Waals surface area contributed by atoms with Gasteiger partial charge in [0.25, 0.3) is 0 Å². The van der Waals surface area contributed by atoms with Gasteiger partial charge in [0.2, 0.25) is 11.6 Å². The molecule has 0 amide bonds. The van der Waals surface area contributed by atoms with Crippen molar-refractivity contribution in [1.29, 1.82) is 0 Å². The molecule has 1 aromatic heterocycles. The monoisotopic (exact) mass is 237 g/mol. The van der Waals surface area contributed by atoms with E-state index >= 15 is 0 Å². The van der Waals surface area contributed by atoms with Crippen LogP contribution in [0.3, 0.4) is 0 Å². The molecule has 1 aromatic rings. The second-order valence-electron chi connectivity index (χ2n) is 4.42. The van der Waals surface area contributed by atoms with E-state index in [-0.39, 0.29) is 22.7 Å². The number of nitrogens with two attached hydrogens (primary N) is 1. The summed E-state index contributed by atoms with van der Waals surface area (Å²) in [7, 11) is 0. The van der Waals surface area contributed by atoms with E-state index in [1.807, 2.05) is 0 Å². The lowest BCUT2D eigenvalue weighted by molar-refractivity contribution is -0.383. The Bertz CT molecular complexity index is 444. The van der Waals surface area contributed by atoms with Crippen LogP contribution in [0.1, 0.15) is 26.2 Å². The number of nitrogens with one attached hydrogen (secondary N) is 1. The first kappa shape index (κ1) is 11.6. The third-order valence-corrected chi connectivity index (χ3v) is 3.37. The van der Waals surface area contributed by atoms with Crippen molar-refractivity contribution in [1.82, 2.24) is 9.97 Å². The summed E-state index contributed by atoms with van der Waals surface area (Å²) in [4.78, 5) is 17.8. The standard InChI is InChI=1S/C10H15N5O2/c1-2-10(3-4-10)5-12-9-7(15(16)17)8(11)13-6-14-9/h6H,2-5H2,1H3,(H3,11,12,13,14). The van der Waals surface area contributed by atoms with Crippen molar-refractivity contribution in [2.75, 3.05) is 17.6 Å². The van der Waals surface area contributed by atoms with E-state index < -0.39 is 4.92 Å². The maximum absolute atomic E-state index is 10.9. The van der Waals surface area contributed by atoms with Crippen LogP contribution in [0.5, 0.6) is 0 Å². The zero-order valence-electron chi connectivity index (χ0n) is 9.64.